The average Bonchev–Trinajstić information content (AvgIpc) is 2.38. The monoisotopic (exact) mass is 262 g/mol. The second-order valence-electron chi connectivity index (χ2n) is 5.20. The van der Waals surface area contributed by atoms with Gasteiger partial charge in [-0.3, -0.25) is 0 Å². The summed E-state index contributed by atoms with van der Waals surface area (Å²) in [6.07, 6.45) is 3.36. The van der Waals surface area contributed by atoms with Crippen molar-refractivity contribution in [3.05, 3.63) is 24.3 Å². The summed E-state index contributed by atoms with van der Waals surface area (Å²) in [7, 11) is 1.62. The maximum Gasteiger partial charge on any atom is 0.322 e. The molecule has 19 heavy (non-hydrogen) atoms. The number of piperidine rings is 1. The third kappa shape index (κ3) is 3.19. The number of carbonyl (C=O) groups is 1. The molecule has 4 nitrogen and oxygen atoms in total. The standard InChI is InChI=1S/C15H22N2O2/c1-11-6-4-7-12(2)17(11)15(18)16-13-8-5-9-14(10-13)19-3/h5,8-12H,4,6-7H2,1-3H3,(H,16,18). The van der Waals surface area contributed by atoms with Crippen molar-refractivity contribution < 1.29 is 9.53 Å². The number of hydrogen-bond donors (Lipinski definition) is 1. The number of amides is 2. The zero-order chi connectivity index (χ0) is 13.8. The number of rotatable bonds is 2. The van der Waals surface area contributed by atoms with Crippen molar-refractivity contribution in [2.45, 2.75) is 45.2 Å². The SMILES string of the molecule is COc1cccc(NC(=O)N2C(C)CCCC2C)c1. The molecule has 0 aliphatic carbocycles. The lowest BCUT2D eigenvalue weighted by atomic mass is 9.98. The third-order valence-corrected chi connectivity index (χ3v) is 3.75. The first-order chi connectivity index (χ1) is 9.11. The van der Waals surface area contributed by atoms with Crippen molar-refractivity contribution in [3.8, 4) is 5.75 Å². The number of hydrogen-bond acceptors (Lipinski definition) is 2. The minimum atomic E-state index is -0.0204. The van der Waals surface area contributed by atoms with E-state index in [1.54, 1.807) is 7.11 Å². The Kier molecular flexibility index (Phi) is 4.30. The van der Waals surface area contributed by atoms with Crippen LogP contribution < -0.4 is 10.1 Å². The molecule has 104 valence electrons. The Balaban J connectivity index is 2.07. The molecule has 2 rings (SSSR count). The number of methoxy groups -OCH3 is 1. The van der Waals surface area contributed by atoms with Crippen LogP contribution in [0.5, 0.6) is 5.75 Å². The van der Waals surface area contributed by atoms with Crippen molar-refractivity contribution in [2.75, 3.05) is 12.4 Å². The zero-order valence-electron chi connectivity index (χ0n) is 11.8. The van der Waals surface area contributed by atoms with Crippen LogP contribution in [0, 0.1) is 0 Å². The van der Waals surface area contributed by atoms with Gasteiger partial charge < -0.3 is 15.0 Å². The molecule has 1 fully saturated rings. The van der Waals surface area contributed by atoms with Crippen LogP contribution in [0.15, 0.2) is 24.3 Å². The molecule has 2 amide bonds. The van der Waals surface area contributed by atoms with Gasteiger partial charge in [0.15, 0.2) is 0 Å². The molecular weight excluding hydrogens is 240 g/mol. The van der Waals surface area contributed by atoms with E-state index in [9.17, 15) is 4.79 Å². The molecule has 0 radical (unpaired) electrons. The van der Waals surface area contributed by atoms with Gasteiger partial charge in [-0.05, 0) is 45.2 Å². The Hall–Kier alpha value is -1.71. The van der Waals surface area contributed by atoms with E-state index in [2.05, 4.69) is 19.2 Å². The second-order valence-corrected chi connectivity index (χ2v) is 5.20. The van der Waals surface area contributed by atoms with Crippen molar-refractivity contribution >= 4 is 11.7 Å². The summed E-state index contributed by atoms with van der Waals surface area (Å²) in [4.78, 5) is 14.3. The van der Waals surface area contributed by atoms with Gasteiger partial charge in [-0.15, -0.1) is 0 Å². The van der Waals surface area contributed by atoms with E-state index in [-0.39, 0.29) is 6.03 Å². The molecule has 0 bridgehead atoms. The number of ether oxygens (including phenoxy) is 1. The van der Waals surface area contributed by atoms with E-state index >= 15 is 0 Å². The highest BCUT2D eigenvalue weighted by Gasteiger charge is 2.28. The molecular formula is C15H22N2O2. The van der Waals surface area contributed by atoms with Gasteiger partial charge in [0.25, 0.3) is 0 Å². The average molecular weight is 262 g/mol. The minimum Gasteiger partial charge on any atom is -0.497 e. The van der Waals surface area contributed by atoms with E-state index in [0.717, 1.165) is 24.3 Å². The molecule has 2 atom stereocenters. The highest BCUT2D eigenvalue weighted by atomic mass is 16.5. The summed E-state index contributed by atoms with van der Waals surface area (Å²) >= 11 is 0. The van der Waals surface area contributed by atoms with Crippen LogP contribution >= 0.6 is 0 Å². The molecule has 2 unspecified atom stereocenters. The molecule has 0 aromatic heterocycles. The molecule has 1 aromatic rings. The van der Waals surface area contributed by atoms with Gasteiger partial charge in [0.1, 0.15) is 5.75 Å². The van der Waals surface area contributed by atoms with Crippen LogP contribution in [-0.2, 0) is 0 Å². The Labute approximate surface area is 114 Å². The van der Waals surface area contributed by atoms with E-state index in [1.165, 1.54) is 6.42 Å². The largest absolute Gasteiger partial charge is 0.497 e. The van der Waals surface area contributed by atoms with Crippen molar-refractivity contribution in [1.29, 1.82) is 0 Å². The minimum absolute atomic E-state index is 0.0204. The molecule has 1 aliphatic rings. The summed E-state index contributed by atoms with van der Waals surface area (Å²) < 4.78 is 5.16. The Morgan fingerprint density at radius 1 is 1.32 bits per heavy atom. The van der Waals surface area contributed by atoms with Crippen LogP contribution in [0.3, 0.4) is 0 Å². The third-order valence-electron chi connectivity index (χ3n) is 3.75. The number of anilines is 1. The molecule has 0 saturated carbocycles. The van der Waals surface area contributed by atoms with E-state index in [1.807, 2.05) is 29.2 Å². The lowest BCUT2D eigenvalue weighted by Crippen LogP contribution is -2.49. The second kappa shape index (κ2) is 5.95. The quantitative estimate of drug-likeness (QED) is 0.886. The fraction of sp³-hybridized carbons (Fsp3) is 0.533. The van der Waals surface area contributed by atoms with Crippen LogP contribution in [0.2, 0.25) is 0 Å². The molecule has 1 aromatic carbocycles. The molecule has 0 spiro atoms. The lowest BCUT2D eigenvalue weighted by molar-refractivity contribution is 0.133. The predicted octanol–water partition coefficient (Wildman–Crippen LogP) is 3.49. The topological polar surface area (TPSA) is 41.6 Å². The number of likely N-dealkylation sites (tertiary alicyclic amines) is 1. The summed E-state index contributed by atoms with van der Waals surface area (Å²) in [5.74, 6) is 0.748. The van der Waals surface area contributed by atoms with Crippen molar-refractivity contribution in [1.82, 2.24) is 4.90 Å². The van der Waals surface area contributed by atoms with E-state index < -0.39 is 0 Å². The number of benzene rings is 1. The normalized spacial score (nSPS) is 23.0. The highest BCUT2D eigenvalue weighted by Crippen LogP contribution is 2.24. The first kappa shape index (κ1) is 13.7. The number of urea groups is 1. The van der Waals surface area contributed by atoms with Gasteiger partial charge in [0.05, 0.1) is 7.11 Å². The molecule has 1 N–H and O–H groups in total. The molecule has 1 aliphatic heterocycles. The Bertz CT molecular complexity index is 438. The smallest absolute Gasteiger partial charge is 0.322 e. The summed E-state index contributed by atoms with van der Waals surface area (Å²) in [5, 5.41) is 2.95. The fourth-order valence-corrected chi connectivity index (χ4v) is 2.71. The zero-order valence-corrected chi connectivity index (χ0v) is 11.8. The first-order valence-corrected chi connectivity index (χ1v) is 6.85. The van der Waals surface area contributed by atoms with Crippen LogP contribution in [-0.4, -0.2) is 30.1 Å². The van der Waals surface area contributed by atoms with Gasteiger partial charge in [-0.25, -0.2) is 4.79 Å². The van der Waals surface area contributed by atoms with Crippen LogP contribution in [0.25, 0.3) is 0 Å². The maximum absolute atomic E-state index is 12.4. The predicted molar refractivity (Wildman–Crippen MR) is 76.6 cm³/mol. The Morgan fingerprint density at radius 2 is 2.00 bits per heavy atom. The molecule has 1 saturated heterocycles. The maximum atomic E-state index is 12.4. The molecule has 4 heteroatoms. The summed E-state index contributed by atoms with van der Waals surface area (Å²) in [6, 6.07) is 8.02. The lowest BCUT2D eigenvalue weighted by Gasteiger charge is -2.38. The van der Waals surface area contributed by atoms with Gasteiger partial charge in [0.2, 0.25) is 0 Å². The first-order valence-electron chi connectivity index (χ1n) is 6.85. The highest BCUT2D eigenvalue weighted by molar-refractivity contribution is 5.90. The number of nitrogens with one attached hydrogen (secondary N) is 1. The molecule has 1 heterocycles. The van der Waals surface area contributed by atoms with Crippen molar-refractivity contribution in [3.63, 3.8) is 0 Å². The van der Waals surface area contributed by atoms with E-state index in [4.69, 9.17) is 4.74 Å². The number of nitrogens with zero attached hydrogens (tertiary/aromatic N) is 1. The summed E-state index contributed by atoms with van der Waals surface area (Å²) in [6.45, 7) is 4.22. The Morgan fingerprint density at radius 3 is 2.63 bits per heavy atom. The van der Waals surface area contributed by atoms with Crippen LogP contribution in [0.1, 0.15) is 33.1 Å². The van der Waals surface area contributed by atoms with Gasteiger partial charge in [-0.2, -0.15) is 0 Å². The van der Waals surface area contributed by atoms with Crippen molar-refractivity contribution in [2.24, 2.45) is 0 Å². The summed E-state index contributed by atoms with van der Waals surface area (Å²) in [5.41, 5.74) is 0.773. The van der Waals surface area contributed by atoms with Gasteiger partial charge in [0, 0.05) is 23.8 Å². The van der Waals surface area contributed by atoms with Gasteiger partial charge >= 0.3 is 6.03 Å². The van der Waals surface area contributed by atoms with E-state index in [0.29, 0.717) is 12.1 Å². The van der Waals surface area contributed by atoms with Gasteiger partial charge in [-0.1, -0.05) is 6.07 Å². The number of carbonyl (C=O) groups excluding carboxylic acids is 1. The van der Waals surface area contributed by atoms with Crippen LogP contribution in [0.4, 0.5) is 10.5 Å². The fourth-order valence-electron chi connectivity index (χ4n) is 2.71.